The first-order valence-electron chi connectivity index (χ1n) is 41.9. The number of rotatable bonds is 6. The van der Waals surface area contributed by atoms with Crippen LogP contribution in [0.25, 0.3) is 249 Å². The van der Waals surface area contributed by atoms with E-state index in [1.54, 1.807) is 12.4 Å². The van der Waals surface area contributed by atoms with Crippen molar-refractivity contribution in [2.45, 2.75) is 0 Å². The summed E-state index contributed by atoms with van der Waals surface area (Å²) in [5.41, 5.74) is 32.0. The number of hydrogen-bond acceptors (Lipinski definition) is 5. The van der Waals surface area contributed by atoms with Gasteiger partial charge in [0, 0.05) is 80.5 Å². The normalized spacial score (nSPS) is 11.9. The predicted molar refractivity (Wildman–Crippen MR) is 510 cm³/mol. The maximum absolute atomic E-state index is 5.21. The molecule has 0 radical (unpaired) electrons. The van der Waals surface area contributed by atoms with Gasteiger partial charge >= 0.3 is 0 Å². The zero-order valence-electron chi connectivity index (χ0n) is 66.5. The Morgan fingerprint density at radius 2 is 0.439 bits per heavy atom. The first-order chi connectivity index (χ1) is 61.1. The Hall–Kier alpha value is -16.6. The molecular formula is C115H70N8. The maximum Gasteiger partial charge on any atom is 0.235 e. The molecular weight excluding hydrogens is 1490 g/mol. The summed E-state index contributed by atoms with van der Waals surface area (Å²) < 4.78 is 6.59. The molecule has 6 aromatic heterocycles. The number of pyridine rings is 1. The molecule has 123 heavy (non-hydrogen) atoms. The molecule has 24 aromatic rings. The zero-order valence-corrected chi connectivity index (χ0v) is 66.5. The second-order valence-electron chi connectivity index (χ2n) is 32.0. The summed E-state index contributed by atoms with van der Waals surface area (Å²) in [6.45, 7) is 0. The van der Waals surface area contributed by atoms with Crippen molar-refractivity contribution in [2.24, 2.45) is 0 Å². The quantitative estimate of drug-likeness (QED) is 0.155. The fourth-order valence-corrected chi connectivity index (χ4v) is 20.3. The lowest BCUT2D eigenvalue weighted by molar-refractivity contribution is 0.962. The largest absolute Gasteiger partial charge is 0.301 e. The van der Waals surface area contributed by atoms with Gasteiger partial charge in [0.25, 0.3) is 0 Å². The van der Waals surface area contributed by atoms with Gasteiger partial charge in [0.2, 0.25) is 11.9 Å². The van der Waals surface area contributed by atoms with Crippen LogP contribution in [-0.2, 0) is 0 Å². The van der Waals surface area contributed by atoms with Gasteiger partial charge in [0.05, 0.1) is 33.6 Å². The second kappa shape index (κ2) is 28.1. The molecule has 3 aliphatic carbocycles. The van der Waals surface area contributed by atoms with E-state index in [4.69, 9.17) is 15.0 Å². The lowest BCUT2D eigenvalue weighted by Crippen LogP contribution is -2.03. The number of aromatic nitrogens is 8. The summed E-state index contributed by atoms with van der Waals surface area (Å²) >= 11 is 0. The summed E-state index contributed by atoms with van der Waals surface area (Å²) in [6.07, 6.45) is 10.3. The van der Waals surface area contributed by atoms with E-state index < -0.39 is 0 Å². The van der Waals surface area contributed by atoms with Crippen molar-refractivity contribution in [2.75, 3.05) is 0 Å². The average molecular weight is 1560 g/mol. The molecule has 3 aliphatic rings. The molecule has 570 valence electrons. The molecule has 0 saturated carbocycles. The standard InChI is InChI=1S/C44H27N3.C39H24N2.C32H19N3/c1-3-14-28(15-4-1)38-26-39(29-16-5-2-6-17-29)46-44(45-38)47-27-37-32-20-9-12-23-35(32)42-33-21-10-7-18-30(33)31-19-8-11-22-34(31)43(42)36-24-13-25-40(47)41(36)37;1-2-12-25(13-3-1)34-21-11-23-36(40-34)41-24-33-28-16-6-9-19-31(28)38-29-17-7-4-14-26(29)27-15-5-8-18-30(27)39(38)32-20-10-22-35(41)37(32)33;1-4-12-23-20(9-1)21-10-2-5-13-24(21)31-26-15-7-16-28-29(26)27(19-35(28)32-33-17-8-18-34-32)22-11-3-6-14-25(22)30(23)31/h1-27H;1-24H;1-19H. The van der Waals surface area contributed by atoms with E-state index in [2.05, 4.69) is 412 Å². The summed E-state index contributed by atoms with van der Waals surface area (Å²) in [5, 5.41) is 19.1. The Balaban J connectivity index is 0.000000102. The van der Waals surface area contributed by atoms with Crippen molar-refractivity contribution in [3.05, 3.63) is 425 Å². The van der Waals surface area contributed by atoms with Crippen LogP contribution in [0.5, 0.6) is 0 Å². The van der Waals surface area contributed by atoms with E-state index >= 15 is 0 Å². The molecule has 27 rings (SSSR count). The Morgan fingerprint density at radius 1 is 0.171 bits per heavy atom. The Kier molecular flexibility index (Phi) is 15.9. The molecule has 18 aromatic carbocycles. The van der Waals surface area contributed by atoms with Crippen molar-refractivity contribution in [1.29, 1.82) is 0 Å². The van der Waals surface area contributed by atoms with E-state index in [1.165, 1.54) is 181 Å². The van der Waals surface area contributed by atoms with Crippen molar-refractivity contribution in [1.82, 2.24) is 38.6 Å². The number of fused-ring (bicyclic) bond motifs is 30. The monoisotopic (exact) mass is 1560 g/mol. The lowest BCUT2D eigenvalue weighted by atomic mass is 9.85. The van der Waals surface area contributed by atoms with Gasteiger partial charge in [-0.05, 0) is 191 Å². The van der Waals surface area contributed by atoms with E-state index in [0.29, 0.717) is 11.9 Å². The highest BCUT2D eigenvalue weighted by Gasteiger charge is 2.33. The number of benzene rings is 18. The van der Waals surface area contributed by atoms with Crippen LogP contribution in [0.3, 0.4) is 0 Å². The molecule has 0 atom stereocenters. The highest BCUT2D eigenvalue weighted by Crippen LogP contribution is 2.58. The van der Waals surface area contributed by atoms with Gasteiger partial charge in [0.1, 0.15) is 5.82 Å². The van der Waals surface area contributed by atoms with Gasteiger partial charge in [-0.3, -0.25) is 9.13 Å². The van der Waals surface area contributed by atoms with Gasteiger partial charge in [-0.25, -0.2) is 24.9 Å². The number of hydrogen-bond donors (Lipinski definition) is 0. The molecule has 0 amide bonds. The fourth-order valence-electron chi connectivity index (χ4n) is 20.3. The highest BCUT2D eigenvalue weighted by atomic mass is 15.2. The molecule has 6 heterocycles. The summed E-state index contributed by atoms with van der Waals surface area (Å²) in [4.78, 5) is 24.7. The van der Waals surface area contributed by atoms with Crippen LogP contribution < -0.4 is 0 Å². The summed E-state index contributed by atoms with van der Waals surface area (Å²) in [5.74, 6) is 2.25. The van der Waals surface area contributed by atoms with Crippen LogP contribution in [0.1, 0.15) is 0 Å². The van der Waals surface area contributed by atoms with Gasteiger partial charge < -0.3 is 4.57 Å². The van der Waals surface area contributed by atoms with Gasteiger partial charge in [-0.15, -0.1) is 0 Å². The molecule has 8 heteroatoms. The maximum atomic E-state index is 5.21. The topological polar surface area (TPSA) is 79.2 Å². The van der Waals surface area contributed by atoms with Gasteiger partial charge in [-0.2, -0.15) is 0 Å². The van der Waals surface area contributed by atoms with E-state index in [-0.39, 0.29) is 0 Å². The van der Waals surface area contributed by atoms with Crippen LogP contribution in [0.15, 0.2) is 425 Å². The average Bonchev–Trinajstić information content (AvgIpc) is 1.58. The van der Waals surface area contributed by atoms with E-state index in [9.17, 15) is 0 Å². The lowest BCUT2D eigenvalue weighted by Gasteiger charge is -2.18. The first kappa shape index (κ1) is 69.6. The van der Waals surface area contributed by atoms with Crippen LogP contribution in [-0.4, -0.2) is 38.6 Å². The third-order valence-corrected chi connectivity index (χ3v) is 25.4. The minimum Gasteiger partial charge on any atom is -0.301 e. The highest BCUT2D eigenvalue weighted by molar-refractivity contribution is 6.31. The Morgan fingerprint density at radius 3 is 0.797 bits per heavy atom. The van der Waals surface area contributed by atoms with Crippen LogP contribution in [0.4, 0.5) is 0 Å². The van der Waals surface area contributed by atoms with E-state index in [0.717, 1.165) is 56.1 Å². The van der Waals surface area contributed by atoms with Gasteiger partial charge in [0.15, 0.2) is 0 Å². The van der Waals surface area contributed by atoms with E-state index in [1.807, 2.05) is 24.3 Å². The Labute approximate surface area is 708 Å². The molecule has 0 bridgehead atoms. The first-order valence-corrected chi connectivity index (χ1v) is 41.9. The van der Waals surface area contributed by atoms with Crippen LogP contribution >= 0.6 is 0 Å². The SMILES string of the molecule is c1ccc(-c2cc(-c3ccccc3)nc(-n3cc4c5c(cccc53)-c3c(c5ccccc5c5ccccc35)-c3ccccc3-4)n2)cc1.c1ccc(-c2cccc(-n3cc4c5c(cccc53)-c3c(c5ccccc5c5ccccc35)-c3ccccc3-4)n2)cc1.c1cnc(-n2cc3c4c(cccc42)-c2c(c4ccccc4c4ccccc24)-c2ccccc2-3)nc1. The summed E-state index contributed by atoms with van der Waals surface area (Å²) in [7, 11) is 0. The molecule has 0 aliphatic heterocycles. The predicted octanol–water partition coefficient (Wildman–Crippen LogP) is 29.7. The smallest absolute Gasteiger partial charge is 0.235 e. The minimum absolute atomic E-state index is 0.653. The molecule has 0 saturated heterocycles. The molecule has 0 fully saturated rings. The molecule has 0 unspecified atom stereocenters. The van der Waals surface area contributed by atoms with Gasteiger partial charge in [-0.1, -0.05) is 352 Å². The molecule has 0 spiro atoms. The third kappa shape index (κ3) is 10.9. The zero-order chi connectivity index (χ0) is 80.7. The fraction of sp³-hybridized carbons (Fsp3) is 0. The van der Waals surface area contributed by atoms with Crippen LogP contribution in [0, 0.1) is 0 Å². The number of nitrogens with zero attached hydrogens (tertiary/aromatic N) is 8. The second-order valence-corrected chi connectivity index (χ2v) is 32.0. The third-order valence-electron chi connectivity index (χ3n) is 25.4. The van der Waals surface area contributed by atoms with Crippen LogP contribution in [0.2, 0.25) is 0 Å². The molecule has 0 N–H and O–H groups in total. The van der Waals surface area contributed by atoms with Crippen molar-refractivity contribution < 1.29 is 0 Å². The molecule has 8 nitrogen and oxygen atoms in total. The minimum atomic E-state index is 0.653. The summed E-state index contributed by atoms with van der Waals surface area (Å²) in [6, 6.07) is 141. The Bertz CT molecular complexity index is 8440. The van der Waals surface area contributed by atoms with Crippen molar-refractivity contribution >= 4 is 97.3 Å². The van der Waals surface area contributed by atoms with Crippen molar-refractivity contribution in [3.63, 3.8) is 0 Å². The van der Waals surface area contributed by atoms with Crippen molar-refractivity contribution in [3.8, 4) is 152 Å².